The average molecular weight is 158 g/mol. The third-order valence-electron chi connectivity index (χ3n) is 2.17. The summed E-state index contributed by atoms with van der Waals surface area (Å²) in [4.78, 5) is 0. The molecule has 0 spiro atoms. The fourth-order valence-corrected chi connectivity index (χ4v) is 2.90. The van der Waals surface area contributed by atoms with Gasteiger partial charge in [0, 0.05) is 0 Å². The maximum atomic E-state index is 2.23. The minimum Gasteiger partial charge on any atom is -0.0610 e. The van der Waals surface area contributed by atoms with Crippen molar-refractivity contribution in [2.24, 2.45) is 0 Å². The van der Waals surface area contributed by atoms with Crippen LogP contribution in [-0.4, -0.2) is 0 Å². The second kappa shape index (κ2) is 1.84. The minimum atomic E-state index is 0.941. The fourth-order valence-electron chi connectivity index (χ4n) is 1.63. The number of rotatable bonds is 0. The molecule has 52 valence electrons. The van der Waals surface area contributed by atoms with Gasteiger partial charge in [0.15, 0.2) is 0 Å². The van der Waals surface area contributed by atoms with Crippen LogP contribution < -0.4 is 10.6 Å². The van der Waals surface area contributed by atoms with Crippen LogP contribution >= 0.6 is 8.58 Å². The Hall–Kier alpha value is -0.870. The highest BCUT2D eigenvalue weighted by atomic mass is 31.1. The van der Waals surface area contributed by atoms with E-state index in [-0.39, 0.29) is 0 Å². The summed E-state index contributed by atoms with van der Waals surface area (Å²) in [7, 11) is 0.941. The molecule has 0 unspecified atom stereocenters. The van der Waals surface area contributed by atoms with Crippen molar-refractivity contribution >= 4 is 30.0 Å². The molecule has 0 bridgehead atoms. The van der Waals surface area contributed by atoms with Crippen LogP contribution in [0.3, 0.4) is 0 Å². The van der Waals surface area contributed by atoms with E-state index in [0.29, 0.717) is 0 Å². The molecule has 0 radical (unpaired) electrons. The van der Waals surface area contributed by atoms with Crippen molar-refractivity contribution in [3.8, 4) is 0 Å². The van der Waals surface area contributed by atoms with Gasteiger partial charge in [0.1, 0.15) is 0 Å². The van der Waals surface area contributed by atoms with Crippen LogP contribution in [0.25, 0.3) is 10.8 Å². The third-order valence-corrected chi connectivity index (χ3v) is 3.55. The lowest BCUT2D eigenvalue weighted by atomic mass is 10.1. The normalized spacial score (nSPS) is 13.1. The Bertz CT molecular complexity index is 395. The molecule has 0 saturated heterocycles. The van der Waals surface area contributed by atoms with Gasteiger partial charge in [-0.15, -0.1) is 0 Å². The van der Waals surface area contributed by atoms with Gasteiger partial charge in [0.2, 0.25) is 0 Å². The van der Waals surface area contributed by atoms with Crippen molar-refractivity contribution in [2.75, 3.05) is 0 Å². The van der Waals surface area contributed by atoms with E-state index in [0.717, 1.165) is 8.58 Å². The van der Waals surface area contributed by atoms with Gasteiger partial charge >= 0.3 is 0 Å². The Balaban J connectivity index is 2.61. The molecule has 0 N–H and O–H groups in total. The zero-order valence-corrected chi connectivity index (χ0v) is 6.96. The molecule has 0 aliphatic carbocycles. The van der Waals surface area contributed by atoms with Crippen molar-refractivity contribution in [2.45, 2.75) is 0 Å². The Morgan fingerprint density at radius 1 is 0.818 bits per heavy atom. The monoisotopic (exact) mass is 158 g/mol. The lowest BCUT2D eigenvalue weighted by Gasteiger charge is -2.19. The van der Waals surface area contributed by atoms with Gasteiger partial charge in [-0.2, -0.15) is 0 Å². The highest BCUT2D eigenvalue weighted by Gasteiger charge is 2.14. The van der Waals surface area contributed by atoms with E-state index < -0.39 is 0 Å². The molecule has 1 heteroatoms. The van der Waals surface area contributed by atoms with E-state index in [4.69, 9.17) is 0 Å². The molecule has 11 heavy (non-hydrogen) atoms. The Morgan fingerprint density at radius 2 is 1.45 bits per heavy atom. The molecule has 3 rings (SSSR count). The number of benzene rings is 2. The van der Waals surface area contributed by atoms with Crippen LogP contribution in [0.15, 0.2) is 36.4 Å². The predicted molar refractivity (Wildman–Crippen MR) is 51.5 cm³/mol. The number of hydrogen-bond acceptors (Lipinski definition) is 0. The van der Waals surface area contributed by atoms with Crippen molar-refractivity contribution in [1.29, 1.82) is 0 Å². The summed E-state index contributed by atoms with van der Waals surface area (Å²) in [5.41, 5.74) is 0. The quantitative estimate of drug-likeness (QED) is 0.437. The summed E-state index contributed by atoms with van der Waals surface area (Å²) in [6, 6.07) is 13.1. The standard InChI is InChI=1S/C10H7P/c1-3-7-4-2-6-9-10(7)8(5-1)11-9/h1-6,11H. The second-order valence-corrected chi connectivity index (χ2v) is 4.16. The van der Waals surface area contributed by atoms with Crippen LogP contribution in [0.1, 0.15) is 0 Å². The molecule has 0 atom stereocenters. The summed E-state index contributed by atoms with van der Waals surface area (Å²) < 4.78 is 0. The number of hydrogen-bond donors (Lipinski definition) is 0. The first kappa shape index (κ1) is 5.74. The smallest absolute Gasteiger partial charge is 0.00286 e. The fraction of sp³-hybridized carbons (Fsp3) is 0. The van der Waals surface area contributed by atoms with Gasteiger partial charge in [-0.1, -0.05) is 45.0 Å². The molecule has 1 heterocycles. The van der Waals surface area contributed by atoms with Crippen molar-refractivity contribution in [3.05, 3.63) is 36.4 Å². The van der Waals surface area contributed by atoms with Crippen molar-refractivity contribution in [3.63, 3.8) is 0 Å². The Morgan fingerprint density at radius 3 is 2.00 bits per heavy atom. The Labute approximate surface area is 67.0 Å². The molecule has 1 aliphatic rings. The topological polar surface area (TPSA) is 0 Å². The molecule has 0 fully saturated rings. The summed E-state index contributed by atoms with van der Waals surface area (Å²) in [6.45, 7) is 0. The first-order valence-corrected chi connectivity index (χ1v) is 4.74. The zero-order chi connectivity index (χ0) is 7.26. The Kier molecular flexibility index (Phi) is 0.958. The third kappa shape index (κ3) is 0.631. The molecule has 0 aromatic heterocycles. The van der Waals surface area contributed by atoms with Crippen LogP contribution in [0.5, 0.6) is 0 Å². The van der Waals surface area contributed by atoms with Crippen molar-refractivity contribution < 1.29 is 0 Å². The summed E-state index contributed by atoms with van der Waals surface area (Å²) >= 11 is 0. The maximum Gasteiger partial charge on any atom is -0.00286 e. The lowest BCUT2D eigenvalue weighted by Crippen LogP contribution is -2.19. The van der Waals surface area contributed by atoms with Gasteiger partial charge in [-0.05, 0) is 21.4 Å². The SMILES string of the molecule is c1cc2c3c(cccc3c1)P2. The first-order chi connectivity index (χ1) is 5.45. The summed E-state index contributed by atoms with van der Waals surface area (Å²) in [5, 5.41) is 5.99. The van der Waals surface area contributed by atoms with Crippen molar-refractivity contribution in [1.82, 2.24) is 0 Å². The average Bonchev–Trinajstić information content (AvgIpc) is 2.01. The van der Waals surface area contributed by atoms with E-state index in [1.807, 2.05) is 0 Å². The van der Waals surface area contributed by atoms with Crippen LogP contribution in [0, 0.1) is 0 Å². The van der Waals surface area contributed by atoms with Gasteiger partial charge < -0.3 is 0 Å². The van der Waals surface area contributed by atoms with E-state index in [2.05, 4.69) is 36.4 Å². The molecule has 0 nitrogen and oxygen atoms in total. The van der Waals surface area contributed by atoms with E-state index in [9.17, 15) is 0 Å². The zero-order valence-electron chi connectivity index (χ0n) is 5.96. The van der Waals surface area contributed by atoms with Crippen LogP contribution in [-0.2, 0) is 0 Å². The predicted octanol–water partition coefficient (Wildman–Crippen LogP) is 1.78. The van der Waals surface area contributed by atoms with Gasteiger partial charge in [-0.25, -0.2) is 0 Å². The van der Waals surface area contributed by atoms with Gasteiger partial charge in [0.05, 0.1) is 0 Å². The van der Waals surface area contributed by atoms with E-state index in [1.165, 1.54) is 21.4 Å². The molecular formula is C10H7P. The van der Waals surface area contributed by atoms with Gasteiger partial charge in [0.25, 0.3) is 0 Å². The molecule has 1 aliphatic heterocycles. The summed E-state index contributed by atoms with van der Waals surface area (Å²) in [5.74, 6) is 0. The largest absolute Gasteiger partial charge is 0.0610 e. The van der Waals surface area contributed by atoms with Crippen LogP contribution in [0.4, 0.5) is 0 Å². The van der Waals surface area contributed by atoms with Crippen LogP contribution in [0.2, 0.25) is 0 Å². The minimum absolute atomic E-state index is 0.941. The van der Waals surface area contributed by atoms with Gasteiger partial charge in [-0.3, -0.25) is 0 Å². The first-order valence-electron chi connectivity index (χ1n) is 3.74. The van der Waals surface area contributed by atoms with E-state index in [1.54, 1.807) is 0 Å². The molecule has 0 saturated carbocycles. The highest BCUT2D eigenvalue weighted by molar-refractivity contribution is 7.60. The van der Waals surface area contributed by atoms with E-state index >= 15 is 0 Å². The maximum absolute atomic E-state index is 2.23. The molecular weight excluding hydrogens is 151 g/mol. The molecule has 2 aromatic carbocycles. The highest BCUT2D eigenvalue weighted by Crippen LogP contribution is 2.29. The molecule has 0 amide bonds. The second-order valence-electron chi connectivity index (χ2n) is 2.83. The summed E-state index contributed by atoms with van der Waals surface area (Å²) in [6.07, 6.45) is 0. The lowest BCUT2D eigenvalue weighted by molar-refractivity contribution is 1.80. The molecule has 2 aromatic rings.